The van der Waals surface area contributed by atoms with Crippen molar-refractivity contribution in [3.05, 3.63) is 47.8 Å². The third-order valence-corrected chi connectivity index (χ3v) is 3.70. The molecule has 1 heterocycles. The van der Waals surface area contributed by atoms with Gasteiger partial charge in [-0.1, -0.05) is 12.1 Å². The van der Waals surface area contributed by atoms with Gasteiger partial charge in [0.15, 0.2) is 0 Å². The van der Waals surface area contributed by atoms with Gasteiger partial charge in [0.05, 0.1) is 11.4 Å². The van der Waals surface area contributed by atoms with Crippen molar-refractivity contribution in [2.24, 2.45) is 0 Å². The Labute approximate surface area is 108 Å². The first-order valence-electron chi connectivity index (χ1n) is 6.61. The Morgan fingerprint density at radius 3 is 2.56 bits per heavy atom. The van der Waals surface area contributed by atoms with Gasteiger partial charge in [0.25, 0.3) is 0 Å². The van der Waals surface area contributed by atoms with Crippen LogP contribution in [-0.2, 0) is 0 Å². The monoisotopic (exact) mass is 241 g/mol. The summed E-state index contributed by atoms with van der Waals surface area (Å²) in [6.45, 7) is 2.16. The Kier molecular flexibility index (Phi) is 2.92. The second-order valence-electron chi connectivity index (χ2n) is 5.06. The Morgan fingerprint density at radius 2 is 1.94 bits per heavy atom. The van der Waals surface area contributed by atoms with E-state index in [4.69, 9.17) is 0 Å². The van der Waals surface area contributed by atoms with E-state index in [1.165, 1.54) is 24.1 Å². The lowest BCUT2D eigenvalue weighted by molar-refractivity contribution is 0.652. The molecule has 1 saturated carbocycles. The molecule has 1 unspecified atom stereocenters. The summed E-state index contributed by atoms with van der Waals surface area (Å²) in [5.41, 5.74) is 3.67. The first-order chi connectivity index (χ1) is 8.78. The first-order valence-corrected chi connectivity index (χ1v) is 6.61. The highest BCUT2D eigenvalue weighted by Crippen LogP contribution is 2.39. The summed E-state index contributed by atoms with van der Waals surface area (Å²) < 4.78 is 1.97. The van der Waals surface area contributed by atoms with Gasteiger partial charge in [0.2, 0.25) is 0 Å². The average Bonchev–Trinajstić information content (AvgIpc) is 3.16. The minimum Gasteiger partial charge on any atom is -0.313 e. The van der Waals surface area contributed by atoms with E-state index >= 15 is 0 Å². The van der Waals surface area contributed by atoms with Crippen LogP contribution in [0.2, 0.25) is 0 Å². The van der Waals surface area contributed by atoms with Crippen LogP contribution in [0.15, 0.2) is 36.5 Å². The van der Waals surface area contributed by atoms with E-state index in [2.05, 4.69) is 53.9 Å². The topological polar surface area (TPSA) is 29.9 Å². The van der Waals surface area contributed by atoms with E-state index in [-0.39, 0.29) is 0 Å². The number of nitrogens with zero attached hydrogens (tertiary/aromatic N) is 2. The average molecular weight is 241 g/mol. The van der Waals surface area contributed by atoms with Crippen LogP contribution in [0.4, 0.5) is 0 Å². The van der Waals surface area contributed by atoms with Gasteiger partial charge in [-0.2, -0.15) is 5.10 Å². The van der Waals surface area contributed by atoms with Crippen molar-refractivity contribution in [1.82, 2.24) is 15.1 Å². The maximum Gasteiger partial charge on any atom is 0.0659 e. The van der Waals surface area contributed by atoms with Crippen molar-refractivity contribution in [2.75, 3.05) is 7.05 Å². The molecule has 1 atom stereocenters. The van der Waals surface area contributed by atoms with Gasteiger partial charge in [0, 0.05) is 18.2 Å². The molecule has 3 rings (SSSR count). The summed E-state index contributed by atoms with van der Waals surface area (Å²) in [6, 6.07) is 11.1. The first kappa shape index (κ1) is 11.5. The molecule has 18 heavy (non-hydrogen) atoms. The number of hydrogen-bond acceptors (Lipinski definition) is 2. The van der Waals surface area contributed by atoms with Crippen molar-refractivity contribution in [3.63, 3.8) is 0 Å². The highest BCUT2D eigenvalue weighted by atomic mass is 15.3. The van der Waals surface area contributed by atoms with Crippen LogP contribution in [0, 0.1) is 0 Å². The van der Waals surface area contributed by atoms with Gasteiger partial charge in [0.1, 0.15) is 0 Å². The van der Waals surface area contributed by atoms with E-state index < -0.39 is 0 Å². The van der Waals surface area contributed by atoms with Gasteiger partial charge in [-0.25, -0.2) is 4.68 Å². The van der Waals surface area contributed by atoms with Crippen molar-refractivity contribution < 1.29 is 0 Å². The number of nitrogens with one attached hydrogen (secondary N) is 1. The molecular weight excluding hydrogens is 222 g/mol. The zero-order chi connectivity index (χ0) is 12.5. The predicted octanol–water partition coefficient (Wildman–Crippen LogP) is 3.03. The number of aromatic nitrogens is 2. The van der Waals surface area contributed by atoms with Crippen molar-refractivity contribution in [2.45, 2.75) is 31.7 Å². The molecule has 0 saturated heterocycles. The molecule has 1 aliphatic carbocycles. The highest BCUT2D eigenvalue weighted by Gasteiger charge is 2.25. The standard InChI is InChI=1S/C15H19N3/c1-11(16-2)12-5-7-14(8-6-12)18-10-9-15(17-18)13-3-4-13/h5-11,13,16H,3-4H2,1-2H3. The van der Waals surface area contributed by atoms with Crippen molar-refractivity contribution in [1.29, 1.82) is 0 Å². The molecule has 0 aliphatic heterocycles. The molecule has 1 aromatic carbocycles. The minimum absolute atomic E-state index is 0.388. The maximum absolute atomic E-state index is 4.64. The molecule has 1 aliphatic rings. The van der Waals surface area contributed by atoms with E-state index in [1.807, 2.05) is 11.7 Å². The minimum atomic E-state index is 0.388. The van der Waals surface area contributed by atoms with E-state index in [1.54, 1.807) is 0 Å². The Morgan fingerprint density at radius 1 is 1.22 bits per heavy atom. The number of hydrogen-bond donors (Lipinski definition) is 1. The van der Waals surface area contributed by atoms with Crippen molar-refractivity contribution >= 4 is 0 Å². The van der Waals surface area contributed by atoms with Crippen LogP contribution in [-0.4, -0.2) is 16.8 Å². The molecule has 3 nitrogen and oxygen atoms in total. The molecule has 1 aromatic heterocycles. The van der Waals surface area contributed by atoms with Crippen molar-refractivity contribution in [3.8, 4) is 5.69 Å². The Bertz CT molecular complexity index is 523. The summed E-state index contributed by atoms with van der Waals surface area (Å²) in [6.07, 6.45) is 4.66. The quantitative estimate of drug-likeness (QED) is 0.891. The van der Waals surface area contributed by atoms with Crippen LogP contribution in [0.25, 0.3) is 5.69 Å². The predicted molar refractivity (Wildman–Crippen MR) is 73.0 cm³/mol. The van der Waals surface area contributed by atoms with E-state index in [0.29, 0.717) is 6.04 Å². The second kappa shape index (κ2) is 4.58. The lowest BCUT2D eigenvalue weighted by Gasteiger charge is -2.11. The Balaban J connectivity index is 1.82. The second-order valence-corrected chi connectivity index (χ2v) is 5.06. The fourth-order valence-corrected chi connectivity index (χ4v) is 2.16. The zero-order valence-electron chi connectivity index (χ0n) is 10.9. The molecular formula is C15H19N3. The van der Waals surface area contributed by atoms with Crippen LogP contribution in [0.5, 0.6) is 0 Å². The maximum atomic E-state index is 4.64. The summed E-state index contributed by atoms with van der Waals surface area (Å²) in [5, 5.41) is 7.88. The zero-order valence-corrected chi connectivity index (χ0v) is 10.9. The van der Waals surface area contributed by atoms with E-state index in [0.717, 1.165) is 11.6 Å². The summed E-state index contributed by atoms with van der Waals surface area (Å²) in [5.74, 6) is 0.717. The molecule has 0 bridgehead atoms. The fraction of sp³-hybridized carbons (Fsp3) is 0.400. The van der Waals surface area contributed by atoms with Crippen LogP contribution < -0.4 is 5.32 Å². The molecule has 0 spiro atoms. The van der Waals surface area contributed by atoms with Gasteiger partial charge in [-0.05, 0) is 50.6 Å². The third-order valence-electron chi connectivity index (χ3n) is 3.70. The van der Waals surface area contributed by atoms with Gasteiger partial charge in [-0.15, -0.1) is 0 Å². The largest absolute Gasteiger partial charge is 0.313 e. The lowest BCUT2D eigenvalue weighted by Crippen LogP contribution is -2.12. The summed E-state index contributed by atoms with van der Waals surface area (Å²) in [4.78, 5) is 0. The third kappa shape index (κ3) is 2.18. The van der Waals surface area contributed by atoms with Gasteiger partial charge < -0.3 is 5.32 Å². The summed E-state index contributed by atoms with van der Waals surface area (Å²) >= 11 is 0. The van der Waals surface area contributed by atoms with Gasteiger partial charge >= 0.3 is 0 Å². The van der Waals surface area contributed by atoms with Crippen LogP contribution in [0.3, 0.4) is 0 Å². The Hall–Kier alpha value is -1.61. The molecule has 0 amide bonds. The van der Waals surface area contributed by atoms with Crippen LogP contribution >= 0.6 is 0 Å². The molecule has 3 heteroatoms. The molecule has 2 aromatic rings. The summed E-state index contributed by atoms with van der Waals surface area (Å²) in [7, 11) is 1.98. The lowest BCUT2D eigenvalue weighted by atomic mass is 10.1. The highest BCUT2D eigenvalue weighted by molar-refractivity contribution is 5.35. The number of benzene rings is 1. The van der Waals surface area contributed by atoms with Crippen LogP contribution in [0.1, 0.15) is 43.0 Å². The molecule has 0 radical (unpaired) electrons. The normalized spacial score (nSPS) is 16.8. The number of rotatable bonds is 4. The van der Waals surface area contributed by atoms with E-state index in [9.17, 15) is 0 Å². The SMILES string of the molecule is CNC(C)c1ccc(-n2ccc(C3CC3)n2)cc1. The molecule has 94 valence electrons. The fourth-order valence-electron chi connectivity index (χ4n) is 2.16. The molecule has 1 fully saturated rings. The van der Waals surface area contributed by atoms with Gasteiger partial charge in [-0.3, -0.25) is 0 Å². The molecule has 1 N–H and O–H groups in total. The smallest absolute Gasteiger partial charge is 0.0659 e.